The Morgan fingerprint density at radius 2 is 1.82 bits per heavy atom. The SMILES string of the molecule is CC(=O)Oc1ccccc1C(=O)NC1CCN(CCCOc2ccc3c4c(c(=O)oc3c2)CCCC4)CC1. The first-order chi connectivity index (χ1) is 18.5. The molecule has 2 heterocycles. The molecule has 5 rings (SSSR count). The molecule has 1 aliphatic carbocycles. The average Bonchev–Trinajstić information content (AvgIpc) is 2.92. The summed E-state index contributed by atoms with van der Waals surface area (Å²) in [5.41, 5.74) is 2.75. The van der Waals surface area contributed by atoms with E-state index in [1.54, 1.807) is 24.3 Å². The van der Waals surface area contributed by atoms with Crippen molar-refractivity contribution in [1.29, 1.82) is 0 Å². The van der Waals surface area contributed by atoms with Gasteiger partial charge in [-0.3, -0.25) is 9.59 Å². The minimum atomic E-state index is -0.451. The lowest BCUT2D eigenvalue weighted by Gasteiger charge is -2.32. The lowest BCUT2D eigenvalue weighted by atomic mass is 9.91. The second-order valence-electron chi connectivity index (χ2n) is 10.1. The van der Waals surface area contributed by atoms with Gasteiger partial charge in [0.15, 0.2) is 0 Å². The highest BCUT2D eigenvalue weighted by Gasteiger charge is 2.23. The van der Waals surface area contributed by atoms with Gasteiger partial charge in [-0.15, -0.1) is 0 Å². The number of carbonyl (C=O) groups is 2. The number of nitrogens with zero attached hydrogens (tertiary/aromatic N) is 1. The Morgan fingerprint density at radius 3 is 2.61 bits per heavy atom. The van der Waals surface area contributed by atoms with Crippen molar-refractivity contribution in [2.24, 2.45) is 0 Å². The molecule has 0 saturated carbocycles. The van der Waals surface area contributed by atoms with Crippen molar-refractivity contribution in [2.75, 3.05) is 26.2 Å². The summed E-state index contributed by atoms with van der Waals surface area (Å²) in [4.78, 5) is 38.8. The number of likely N-dealkylation sites (tertiary alicyclic amines) is 1. The Morgan fingerprint density at radius 1 is 1.05 bits per heavy atom. The van der Waals surface area contributed by atoms with Gasteiger partial charge < -0.3 is 24.1 Å². The van der Waals surface area contributed by atoms with E-state index in [1.807, 2.05) is 18.2 Å². The first-order valence-corrected chi connectivity index (χ1v) is 13.5. The fourth-order valence-electron chi connectivity index (χ4n) is 5.46. The van der Waals surface area contributed by atoms with Crippen molar-refractivity contribution in [3.63, 3.8) is 0 Å². The number of nitrogens with one attached hydrogen (secondary N) is 1. The summed E-state index contributed by atoms with van der Waals surface area (Å²) in [5, 5.41) is 4.11. The van der Waals surface area contributed by atoms with E-state index in [1.165, 1.54) is 6.92 Å². The number of benzene rings is 2. The third-order valence-corrected chi connectivity index (χ3v) is 7.39. The van der Waals surface area contributed by atoms with Crippen molar-refractivity contribution >= 4 is 22.8 Å². The standard InChI is InChI=1S/C30H34N2O6/c1-20(33)37-27-10-5-4-9-26(27)29(34)31-21-13-16-32(17-14-21)15-6-18-36-22-11-12-24-23-7-2-3-8-25(23)30(35)38-28(24)19-22/h4-5,9-12,19,21H,2-3,6-8,13-18H2,1H3,(H,31,34). The molecule has 0 atom stereocenters. The van der Waals surface area contributed by atoms with Gasteiger partial charge in [0.1, 0.15) is 17.1 Å². The smallest absolute Gasteiger partial charge is 0.339 e. The number of hydrogen-bond donors (Lipinski definition) is 1. The Balaban J connectivity index is 1.06. The largest absolute Gasteiger partial charge is 0.493 e. The highest BCUT2D eigenvalue weighted by Crippen LogP contribution is 2.29. The summed E-state index contributed by atoms with van der Waals surface area (Å²) in [6, 6.07) is 12.7. The average molecular weight is 519 g/mol. The zero-order valence-corrected chi connectivity index (χ0v) is 21.8. The van der Waals surface area contributed by atoms with Gasteiger partial charge in [-0.05, 0) is 74.8 Å². The molecule has 1 aliphatic heterocycles. The van der Waals surface area contributed by atoms with Crippen LogP contribution in [0.15, 0.2) is 51.7 Å². The third kappa shape index (κ3) is 6.07. The predicted molar refractivity (Wildman–Crippen MR) is 144 cm³/mol. The number of amides is 1. The quantitative estimate of drug-likeness (QED) is 0.206. The molecule has 1 fully saturated rings. The Labute approximate surface area is 221 Å². The molecule has 1 amide bonds. The van der Waals surface area contributed by atoms with Crippen LogP contribution < -0.4 is 20.4 Å². The number of carbonyl (C=O) groups excluding carboxylic acids is 2. The maximum Gasteiger partial charge on any atom is 0.339 e. The van der Waals surface area contributed by atoms with Crippen LogP contribution >= 0.6 is 0 Å². The molecule has 8 heteroatoms. The summed E-state index contributed by atoms with van der Waals surface area (Å²) in [5.74, 6) is 0.323. The Bertz CT molecular complexity index is 1370. The number of piperidine rings is 1. The number of ether oxygens (including phenoxy) is 2. The van der Waals surface area contributed by atoms with E-state index in [4.69, 9.17) is 13.9 Å². The van der Waals surface area contributed by atoms with Crippen LogP contribution in [0, 0.1) is 0 Å². The van der Waals surface area contributed by atoms with Crippen LogP contribution in [0.3, 0.4) is 0 Å². The van der Waals surface area contributed by atoms with E-state index in [2.05, 4.69) is 10.2 Å². The maximum atomic E-state index is 12.8. The number of para-hydroxylation sites is 1. The summed E-state index contributed by atoms with van der Waals surface area (Å²) < 4.78 is 16.7. The Hall–Kier alpha value is -3.65. The van der Waals surface area contributed by atoms with E-state index in [9.17, 15) is 14.4 Å². The monoisotopic (exact) mass is 518 g/mol. The molecule has 0 unspecified atom stereocenters. The number of esters is 1. The normalized spacial score (nSPS) is 16.1. The second-order valence-corrected chi connectivity index (χ2v) is 10.1. The summed E-state index contributed by atoms with van der Waals surface area (Å²) in [7, 11) is 0. The molecule has 1 saturated heterocycles. The molecule has 38 heavy (non-hydrogen) atoms. The minimum Gasteiger partial charge on any atom is -0.493 e. The zero-order chi connectivity index (χ0) is 26.5. The molecule has 0 bridgehead atoms. The van der Waals surface area contributed by atoms with E-state index in [-0.39, 0.29) is 23.3 Å². The Kier molecular flexibility index (Phi) is 8.08. The molecule has 1 N–H and O–H groups in total. The van der Waals surface area contributed by atoms with Gasteiger partial charge in [-0.25, -0.2) is 4.79 Å². The number of aryl methyl sites for hydroxylation is 1. The maximum absolute atomic E-state index is 12.8. The van der Waals surface area contributed by atoms with Crippen LogP contribution in [0.25, 0.3) is 11.0 Å². The van der Waals surface area contributed by atoms with Crippen molar-refractivity contribution < 1.29 is 23.5 Å². The van der Waals surface area contributed by atoms with E-state index in [0.29, 0.717) is 23.5 Å². The summed E-state index contributed by atoms with van der Waals surface area (Å²) in [6.45, 7) is 4.59. The zero-order valence-electron chi connectivity index (χ0n) is 21.8. The van der Waals surface area contributed by atoms with Crippen LogP contribution in [0.2, 0.25) is 0 Å². The van der Waals surface area contributed by atoms with Gasteiger partial charge in [0.05, 0.1) is 12.2 Å². The number of fused-ring (bicyclic) bond motifs is 3. The molecule has 8 nitrogen and oxygen atoms in total. The third-order valence-electron chi connectivity index (χ3n) is 7.39. The molecule has 0 radical (unpaired) electrons. The molecule has 3 aromatic rings. The van der Waals surface area contributed by atoms with Gasteiger partial charge in [0, 0.05) is 49.6 Å². The van der Waals surface area contributed by atoms with E-state index < -0.39 is 5.97 Å². The lowest BCUT2D eigenvalue weighted by molar-refractivity contribution is -0.131. The van der Waals surface area contributed by atoms with E-state index >= 15 is 0 Å². The van der Waals surface area contributed by atoms with Crippen LogP contribution in [0.1, 0.15) is 60.5 Å². The summed E-state index contributed by atoms with van der Waals surface area (Å²) in [6.07, 6.45) is 6.48. The van der Waals surface area contributed by atoms with Gasteiger partial charge in [0.25, 0.3) is 5.91 Å². The van der Waals surface area contributed by atoms with Crippen molar-refractivity contribution in [2.45, 2.75) is 57.9 Å². The second kappa shape index (κ2) is 11.8. The highest BCUT2D eigenvalue weighted by atomic mass is 16.5. The molecule has 0 spiro atoms. The molecular formula is C30H34N2O6. The van der Waals surface area contributed by atoms with Crippen molar-refractivity contribution in [3.8, 4) is 11.5 Å². The minimum absolute atomic E-state index is 0.0818. The number of rotatable bonds is 8. The fraction of sp³-hybridized carbons (Fsp3) is 0.433. The van der Waals surface area contributed by atoms with Gasteiger partial charge in [-0.1, -0.05) is 12.1 Å². The summed E-state index contributed by atoms with van der Waals surface area (Å²) >= 11 is 0. The predicted octanol–water partition coefficient (Wildman–Crippen LogP) is 4.26. The first-order valence-electron chi connectivity index (χ1n) is 13.5. The van der Waals surface area contributed by atoms with Gasteiger partial charge in [0.2, 0.25) is 0 Å². The van der Waals surface area contributed by atoms with Crippen molar-refractivity contribution in [1.82, 2.24) is 10.2 Å². The fourth-order valence-corrected chi connectivity index (χ4v) is 5.46. The van der Waals surface area contributed by atoms with Crippen LogP contribution in [-0.2, 0) is 17.6 Å². The van der Waals surface area contributed by atoms with Crippen LogP contribution in [0.5, 0.6) is 11.5 Å². The lowest BCUT2D eigenvalue weighted by Crippen LogP contribution is -2.45. The van der Waals surface area contributed by atoms with Crippen molar-refractivity contribution in [3.05, 3.63) is 69.6 Å². The number of hydrogen-bond acceptors (Lipinski definition) is 7. The van der Waals surface area contributed by atoms with Gasteiger partial charge >= 0.3 is 11.6 Å². The molecule has 2 aliphatic rings. The van der Waals surface area contributed by atoms with Gasteiger partial charge in [-0.2, -0.15) is 0 Å². The topological polar surface area (TPSA) is 98.1 Å². The molecule has 200 valence electrons. The highest BCUT2D eigenvalue weighted by molar-refractivity contribution is 5.97. The van der Waals surface area contributed by atoms with E-state index in [0.717, 1.165) is 81.1 Å². The van der Waals surface area contributed by atoms with Crippen LogP contribution in [0.4, 0.5) is 0 Å². The van der Waals surface area contributed by atoms with Crippen LogP contribution in [-0.4, -0.2) is 49.1 Å². The first kappa shape index (κ1) is 26.0. The molecular weight excluding hydrogens is 484 g/mol. The molecule has 1 aromatic heterocycles. The molecule has 2 aromatic carbocycles.